The third-order valence-corrected chi connectivity index (χ3v) is 3.54. The molecular formula is C13H14ClNO4. The molecule has 1 fully saturated rings. The minimum atomic E-state index is -1.13. The zero-order valence-corrected chi connectivity index (χ0v) is 11.3. The van der Waals surface area contributed by atoms with Gasteiger partial charge in [0.2, 0.25) is 5.91 Å². The lowest BCUT2D eigenvalue weighted by Crippen LogP contribution is -2.15. The normalized spacial score (nSPS) is 20.8. The van der Waals surface area contributed by atoms with Gasteiger partial charge in [-0.2, -0.15) is 0 Å². The number of benzene rings is 1. The van der Waals surface area contributed by atoms with E-state index in [0.29, 0.717) is 11.6 Å². The van der Waals surface area contributed by atoms with E-state index >= 15 is 0 Å². The Kier molecular flexibility index (Phi) is 3.66. The molecule has 0 saturated heterocycles. The SMILES string of the molecule is COc1cc(NC(=O)C2CC2C)c(Cl)cc1C(=O)O. The van der Waals surface area contributed by atoms with Gasteiger partial charge in [0.15, 0.2) is 0 Å². The van der Waals surface area contributed by atoms with Crippen molar-refractivity contribution in [3.8, 4) is 5.75 Å². The van der Waals surface area contributed by atoms with E-state index in [1.165, 1.54) is 19.2 Å². The highest BCUT2D eigenvalue weighted by Crippen LogP contribution is 2.39. The molecule has 1 aliphatic rings. The Bertz CT molecular complexity index is 544. The summed E-state index contributed by atoms with van der Waals surface area (Å²) in [5.74, 6) is -0.664. The molecular weight excluding hydrogens is 270 g/mol. The van der Waals surface area contributed by atoms with Crippen LogP contribution in [0.3, 0.4) is 0 Å². The van der Waals surface area contributed by atoms with Crippen LogP contribution in [0, 0.1) is 11.8 Å². The molecule has 1 aromatic rings. The molecule has 1 aliphatic carbocycles. The molecule has 2 rings (SSSR count). The molecule has 0 heterocycles. The number of carboxylic acids is 1. The zero-order chi connectivity index (χ0) is 14.2. The summed E-state index contributed by atoms with van der Waals surface area (Å²) >= 11 is 5.97. The van der Waals surface area contributed by atoms with Crippen LogP contribution in [0.25, 0.3) is 0 Å². The number of hydrogen-bond acceptors (Lipinski definition) is 3. The summed E-state index contributed by atoms with van der Waals surface area (Å²) in [4.78, 5) is 22.8. The Morgan fingerprint density at radius 2 is 2.11 bits per heavy atom. The fourth-order valence-corrected chi connectivity index (χ4v) is 2.11. The summed E-state index contributed by atoms with van der Waals surface area (Å²) in [5.41, 5.74) is 0.331. The van der Waals surface area contributed by atoms with Crippen molar-refractivity contribution in [1.82, 2.24) is 0 Å². The highest BCUT2D eigenvalue weighted by molar-refractivity contribution is 6.34. The average molecular weight is 284 g/mol. The average Bonchev–Trinajstić information content (AvgIpc) is 3.08. The second-order valence-corrected chi connectivity index (χ2v) is 5.05. The molecule has 5 nitrogen and oxygen atoms in total. The number of aromatic carboxylic acids is 1. The molecule has 0 spiro atoms. The Morgan fingerprint density at radius 1 is 1.47 bits per heavy atom. The van der Waals surface area contributed by atoms with Gasteiger partial charge in [-0.25, -0.2) is 4.79 Å². The molecule has 0 bridgehead atoms. The number of carbonyl (C=O) groups is 2. The van der Waals surface area contributed by atoms with Crippen LogP contribution in [0.4, 0.5) is 5.69 Å². The maximum atomic E-state index is 11.8. The molecule has 19 heavy (non-hydrogen) atoms. The van der Waals surface area contributed by atoms with Gasteiger partial charge >= 0.3 is 5.97 Å². The van der Waals surface area contributed by atoms with Crippen LogP contribution in [0.15, 0.2) is 12.1 Å². The van der Waals surface area contributed by atoms with Crippen molar-refractivity contribution in [3.63, 3.8) is 0 Å². The van der Waals surface area contributed by atoms with E-state index in [2.05, 4.69) is 5.32 Å². The number of methoxy groups -OCH3 is 1. The lowest BCUT2D eigenvalue weighted by Gasteiger charge is -2.11. The van der Waals surface area contributed by atoms with Crippen molar-refractivity contribution < 1.29 is 19.4 Å². The number of carboxylic acid groups (broad SMARTS) is 1. The standard InChI is InChI=1S/C13H14ClNO4/c1-6-3-7(6)12(16)15-10-5-11(19-2)8(13(17)18)4-9(10)14/h4-7H,3H2,1-2H3,(H,15,16)(H,17,18). The molecule has 1 aromatic carbocycles. The molecule has 2 N–H and O–H groups in total. The van der Waals surface area contributed by atoms with Crippen LogP contribution in [0.5, 0.6) is 5.75 Å². The first kappa shape index (κ1) is 13.7. The van der Waals surface area contributed by atoms with Gasteiger partial charge in [0, 0.05) is 12.0 Å². The van der Waals surface area contributed by atoms with Gasteiger partial charge in [-0.15, -0.1) is 0 Å². The van der Waals surface area contributed by atoms with Crippen LogP contribution < -0.4 is 10.1 Å². The summed E-state index contributed by atoms with van der Waals surface area (Å²) in [6.45, 7) is 2.00. The van der Waals surface area contributed by atoms with Crippen molar-refractivity contribution in [2.45, 2.75) is 13.3 Å². The highest BCUT2D eigenvalue weighted by Gasteiger charge is 2.39. The van der Waals surface area contributed by atoms with Crippen LogP contribution in [-0.2, 0) is 4.79 Å². The topological polar surface area (TPSA) is 75.6 Å². The lowest BCUT2D eigenvalue weighted by molar-refractivity contribution is -0.117. The van der Waals surface area contributed by atoms with Gasteiger partial charge in [0.1, 0.15) is 11.3 Å². The molecule has 0 aliphatic heterocycles. The number of amides is 1. The zero-order valence-electron chi connectivity index (χ0n) is 10.6. The van der Waals surface area contributed by atoms with Crippen LogP contribution in [0.1, 0.15) is 23.7 Å². The predicted octanol–water partition coefficient (Wildman–Crippen LogP) is 2.64. The van der Waals surface area contributed by atoms with E-state index in [9.17, 15) is 9.59 Å². The molecule has 102 valence electrons. The van der Waals surface area contributed by atoms with Gasteiger partial charge in [0.05, 0.1) is 17.8 Å². The van der Waals surface area contributed by atoms with Crippen molar-refractivity contribution in [3.05, 3.63) is 22.7 Å². The first-order chi connectivity index (χ1) is 8.93. The van der Waals surface area contributed by atoms with Gasteiger partial charge in [-0.3, -0.25) is 4.79 Å². The van der Waals surface area contributed by atoms with Gasteiger partial charge in [-0.05, 0) is 18.4 Å². The molecule has 0 aromatic heterocycles. The third-order valence-electron chi connectivity index (χ3n) is 3.22. The minimum Gasteiger partial charge on any atom is -0.496 e. The van der Waals surface area contributed by atoms with E-state index in [4.69, 9.17) is 21.4 Å². The molecule has 0 radical (unpaired) electrons. The number of anilines is 1. The Labute approximate surface area is 115 Å². The number of carbonyl (C=O) groups excluding carboxylic acids is 1. The van der Waals surface area contributed by atoms with Crippen molar-refractivity contribution in [1.29, 1.82) is 0 Å². The van der Waals surface area contributed by atoms with Crippen molar-refractivity contribution in [2.75, 3.05) is 12.4 Å². The monoisotopic (exact) mass is 283 g/mol. The van der Waals surface area contributed by atoms with E-state index in [1.807, 2.05) is 6.92 Å². The van der Waals surface area contributed by atoms with Crippen molar-refractivity contribution in [2.24, 2.45) is 11.8 Å². The Morgan fingerprint density at radius 3 is 2.58 bits per heavy atom. The number of ether oxygens (including phenoxy) is 1. The maximum Gasteiger partial charge on any atom is 0.339 e. The van der Waals surface area contributed by atoms with E-state index in [-0.39, 0.29) is 28.2 Å². The van der Waals surface area contributed by atoms with Crippen LogP contribution in [-0.4, -0.2) is 24.1 Å². The molecule has 1 amide bonds. The van der Waals surface area contributed by atoms with Gasteiger partial charge < -0.3 is 15.2 Å². The predicted molar refractivity (Wildman–Crippen MR) is 70.9 cm³/mol. The number of rotatable bonds is 4. The molecule has 2 atom stereocenters. The molecule has 6 heteroatoms. The third kappa shape index (κ3) is 2.81. The second kappa shape index (κ2) is 5.09. The first-order valence-corrected chi connectivity index (χ1v) is 6.23. The Hall–Kier alpha value is -1.75. The van der Waals surface area contributed by atoms with Crippen molar-refractivity contribution >= 4 is 29.2 Å². The fraction of sp³-hybridized carbons (Fsp3) is 0.385. The summed E-state index contributed by atoms with van der Waals surface area (Å²) in [7, 11) is 1.37. The molecule has 1 saturated carbocycles. The summed E-state index contributed by atoms with van der Waals surface area (Å²) in [6.07, 6.45) is 0.869. The maximum absolute atomic E-state index is 11.8. The van der Waals surface area contributed by atoms with E-state index in [0.717, 1.165) is 6.42 Å². The number of hydrogen-bond donors (Lipinski definition) is 2. The van der Waals surface area contributed by atoms with E-state index < -0.39 is 5.97 Å². The summed E-state index contributed by atoms with van der Waals surface area (Å²) < 4.78 is 4.99. The Balaban J connectivity index is 2.26. The fourth-order valence-electron chi connectivity index (χ4n) is 1.90. The number of nitrogens with one attached hydrogen (secondary N) is 1. The van der Waals surface area contributed by atoms with E-state index in [1.54, 1.807) is 0 Å². The summed E-state index contributed by atoms with van der Waals surface area (Å²) in [6, 6.07) is 2.70. The van der Waals surface area contributed by atoms with Gasteiger partial charge in [0.25, 0.3) is 0 Å². The molecule has 2 unspecified atom stereocenters. The quantitative estimate of drug-likeness (QED) is 0.891. The first-order valence-electron chi connectivity index (χ1n) is 5.85. The highest BCUT2D eigenvalue weighted by atomic mass is 35.5. The number of halogens is 1. The lowest BCUT2D eigenvalue weighted by atomic mass is 10.1. The minimum absolute atomic E-state index is 0.0150. The largest absolute Gasteiger partial charge is 0.496 e. The van der Waals surface area contributed by atoms with Crippen LogP contribution in [0.2, 0.25) is 5.02 Å². The van der Waals surface area contributed by atoms with Crippen LogP contribution >= 0.6 is 11.6 Å². The van der Waals surface area contributed by atoms with Gasteiger partial charge in [-0.1, -0.05) is 18.5 Å². The summed E-state index contributed by atoms with van der Waals surface area (Å²) in [5, 5.41) is 11.9. The second-order valence-electron chi connectivity index (χ2n) is 4.65. The smallest absolute Gasteiger partial charge is 0.339 e.